The van der Waals surface area contributed by atoms with Crippen molar-refractivity contribution in [2.24, 2.45) is 5.73 Å². The van der Waals surface area contributed by atoms with Crippen molar-refractivity contribution in [2.45, 2.75) is 24.3 Å². The van der Waals surface area contributed by atoms with Crippen molar-refractivity contribution in [3.8, 4) is 0 Å². The third-order valence-electron chi connectivity index (χ3n) is 2.77. The predicted molar refractivity (Wildman–Crippen MR) is 73.1 cm³/mol. The number of nitrogens with zero attached hydrogens (tertiary/aromatic N) is 1. The molecular weight excluding hydrogens is 264 g/mol. The first-order valence-corrected chi connectivity index (χ1v) is 7.39. The number of rotatable bonds is 5. The molecule has 102 valence electrons. The lowest BCUT2D eigenvalue weighted by molar-refractivity contribution is 0.600. The summed E-state index contributed by atoms with van der Waals surface area (Å²) in [5, 5.41) is 0. The van der Waals surface area contributed by atoms with E-state index in [-0.39, 0.29) is 16.9 Å². The van der Waals surface area contributed by atoms with Gasteiger partial charge in [-0.3, -0.25) is 0 Å². The van der Waals surface area contributed by atoms with Crippen molar-refractivity contribution in [1.82, 2.24) is 9.97 Å². The highest BCUT2D eigenvalue weighted by Gasteiger charge is 2.16. The fraction of sp³-hybridized carbons (Fsp3) is 0.250. The Morgan fingerprint density at radius 1 is 1.47 bits per heavy atom. The van der Waals surface area contributed by atoms with Crippen molar-refractivity contribution >= 4 is 16.0 Å². The molecule has 1 unspecified atom stereocenters. The van der Waals surface area contributed by atoms with E-state index in [1.54, 1.807) is 18.3 Å². The Morgan fingerprint density at radius 3 is 2.89 bits per heavy atom. The van der Waals surface area contributed by atoms with Crippen molar-refractivity contribution in [2.75, 3.05) is 4.72 Å². The number of benzene rings is 1. The minimum atomic E-state index is -3.65. The number of nitrogens with two attached hydrogens (primary N) is 1. The van der Waals surface area contributed by atoms with Gasteiger partial charge in [0.25, 0.3) is 10.0 Å². The zero-order chi connectivity index (χ0) is 13.9. The average Bonchev–Trinajstić information content (AvgIpc) is 2.90. The molecule has 0 aliphatic heterocycles. The normalized spacial score (nSPS) is 13.2. The fourth-order valence-electron chi connectivity index (χ4n) is 1.66. The molecule has 0 aliphatic carbocycles. The lowest BCUT2D eigenvalue weighted by Gasteiger charge is -2.11. The lowest BCUT2D eigenvalue weighted by atomic mass is 10.1. The van der Waals surface area contributed by atoms with Crippen LogP contribution in [0.5, 0.6) is 0 Å². The number of anilines is 1. The van der Waals surface area contributed by atoms with E-state index in [2.05, 4.69) is 14.7 Å². The maximum atomic E-state index is 12.2. The molecule has 2 rings (SSSR count). The standard InChI is InChI=1S/C12H16N4O2S/c1-2-11(13)9-4-3-5-10(8-9)19(17,18)16-12-14-6-7-15-12/h3-8,11H,2,13H2,1H3,(H2,14,15,16). The summed E-state index contributed by atoms with van der Waals surface area (Å²) in [5.41, 5.74) is 6.70. The molecular formula is C12H16N4O2S. The molecule has 1 aromatic carbocycles. The number of hydrogen-bond acceptors (Lipinski definition) is 4. The molecule has 7 heteroatoms. The van der Waals surface area contributed by atoms with Crippen LogP contribution in [0.3, 0.4) is 0 Å². The predicted octanol–water partition coefficient (Wildman–Crippen LogP) is 1.62. The van der Waals surface area contributed by atoms with Crippen molar-refractivity contribution in [3.63, 3.8) is 0 Å². The van der Waals surface area contributed by atoms with Gasteiger partial charge in [0.2, 0.25) is 5.95 Å². The van der Waals surface area contributed by atoms with Gasteiger partial charge in [0.1, 0.15) is 0 Å². The van der Waals surface area contributed by atoms with Gasteiger partial charge >= 0.3 is 0 Å². The van der Waals surface area contributed by atoms with Crippen LogP contribution >= 0.6 is 0 Å². The smallest absolute Gasteiger partial charge is 0.264 e. The highest BCUT2D eigenvalue weighted by atomic mass is 32.2. The Labute approximate surface area is 112 Å². The second-order valence-corrected chi connectivity index (χ2v) is 5.81. The molecule has 4 N–H and O–H groups in total. The molecule has 0 fully saturated rings. The summed E-state index contributed by atoms with van der Waals surface area (Å²) >= 11 is 0. The van der Waals surface area contributed by atoms with Crippen molar-refractivity contribution in [1.29, 1.82) is 0 Å². The van der Waals surface area contributed by atoms with Crippen LogP contribution in [0, 0.1) is 0 Å². The molecule has 0 radical (unpaired) electrons. The number of aromatic nitrogens is 2. The molecule has 1 atom stereocenters. The van der Waals surface area contributed by atoms with Gasteiger partial charge in [0, 0.05) is 18.4 Å². The van der Waals surface area contributed by atoms with Crippen LogP contribution in [0.2, 0.25) is 0 Å². The van der Waals surface area contributed by atoms with E-state index in [0.29, 0.717) is 0 Å². The second kappa shape index (κ2) is 5.41. The summed E-state index contributed by atoms with van der Waals surface area (Å²) in [6, 6.07) is 6.44. The quantitative estimate of drug-likeness (QED) is 0.774. The number of nitrogens with one attached hydrogen (secondary N) is 2. The second-order valence-electron chi connectivity index (χ2n) is 4.13. The van der Waals surface area contributed by atoms with E-state index in [0.717, 1.165) is 12.0 Å². The Morgan fingerprint density at radius 2 is 2.26 bits per heavy atom. The summed E-state index contributed by atoms with van der Waals surface area (Å²) in [6.45, 7) is 1.95. The number of H-pyrrole nitrogens is 1. The zero-order valence-corrected chi connectivity index (χ0v) is 11.3. The molecule has 1 heterocycles. The first-order valence-electron chi connectivity index (χ1n) is 5.90. The topological polar surface area (TPSA) is 101 Å². The Balaban J connectivity index is 2.30. The molecule has 0 bridgehead atoms. The minimum absolute atomic E-state index is 0.168. The highest BCUT2D eigenvalue weighted by Crippen LogP contribution is 2.19. The Kier molecular flexibility index (Phi) is 3.87. The SMILES string of the molecule is CCC(N)c1cccc(S(=O)(=O)Nc2ncc[nH]2)c1. The van der Waals surface area contributed by atoms with Gasteiger partial charge in [-0.2, -0.15) is 0 Å². The maximum absolute atomic E-state index is 12.2. The third kappa shape index (κ3) is 3.12. The number of imidazole rings is 1. The molecule has 2 aromatic rings. The molecule has 0 amide bonds. The van der Waals surface area contributed by atoms with Crippen LogP contribution in [0.4, 0.5) is 5.95 Å². The maximum Gasteiger partial charge on any atom is 0.264 e. The van der Waals surface area contributed by atoms with Gasteiger partial charge in [0.05, 0.1) is 4.90 Å². The van der Waals surface area contributed by atoms with Crippen LogP contribution in [-0.2, 0) is 10.0 Å². The lowest BCUT2D eigenvalue weighted by Crippen LogP contribution is -2.15. The summed E-state index contributed by atoms with van der Waals surface area (Å²) in [5.74, 6) is 0.185. The van der Waals surface area contributed by atoms with E-state index < -0.39 is 10.0 Å². The first kappa shape index (κ1) is 13.6. The van der Waals surface area contributed by atoms with Crippen LogP contribution < -0.4 is 10.5 Å². The van der Waals surface area contributed by atoms with Gasteiger partial charge in [-0.25, -0.2) is 18.1 Å². The number of hydrogen-bond donors (Lipinski definition) is 3. The van der Waals surface area contributed by atoms with Crippen LogP contribution in [0.15, 0.2) is 41.6 Å². The van der Waals surface area contributed by atoms with E-state index in [1.165, 1.54) is 12.3 Å². The van der Waals surface area contributed by atoms with Crippen LogP contribution in [0.1, 0.15) is 24.9 Å². The third-order valence-corrected chi connectivity index (χ3v) is 4.10. The van der Waals surface area contributed by atoms with Crippen molar-refractivity contribution < 1.29 is 8.42 Å². The molecule has 6 nitrogen and oxygen atoms in total. The van der Waals surface area contributed by atoms with Gasteiger partial charge in [-0.15, -0.1) is 0 Å². The van der Waals surface area contributed by atoms with Gasteiger partial charge in [0.15, 0.2) is 0 Å². The largest absolute Gasteiger partial charge is 0.330 e. The molecule has 0 aliphatic rings. The summed E-state index contributed by atoms with van der Waals surface area (Å²) in [6.07, 6.45) is 3.76. The van der Waals surface area contributed by atoms with Crippen LogP contribution in [-0.4, -0.2) is 18.4 Å². The van der Waals surface area contributed by atoms with E-state index in [9.17, 15) is 8.42 Å². The molecule has 0 saturated carbocycles. The van der Waals surface area contributed by atoms with Gasteiger partial charge < -0.3 is 10.7 Å². The number of sulfonamides is 1. The van der Waals surface area contributed by atoms with Crippen molar-refractivity contribution in [3.05, 3.63) is 42.2 Å². The monoisotopic (exact) mass is 280 g/mol. The summed E-state index contributed by atoms with van der Waals surface area (Å²) in [4.78, 5) is 6.69. The summed E-state index contributed by atoms with van der Waals surface area (Å²) in [7, 11) is -3.65. The van der Waals surface area contributed by atoms with E-state index in [1.807, 2.05) is 13.0 Å². The minimum Gasteiger partial charge on any atom is -0.330 e. The van der Waals surface area contributed by atoms with E-state index in [4.69, 9.17) is 5.73 Å². The fourth-order valence-corrected chi connectivity index (χ4v) is 2.69. The van der Waals surface area contributed by atoms with Gasteiger partial charge in [-0.1, -0.05) is 19.1 Å². The summed E-state index contributed by atoms with van der Waals surface area (Å²) < 4.78 is 26.7. The van der Waals surface area contributed by atoms with Crippen LogP contribution in [0.25, 0.3) is 0 Å². The molecule has 0 spiro atoms. The highest BCUT2D eigenvalue weighted by molar-refractivity contribution is 7.92. The number of aromatic amines is 1. The zero-order valence-electron chi connectivity index (χ0n) is 10.5. The molecule has 19 heavy (non-hydrogen) atoms. The Bertz CT molecular complexity index is 638. The van der Waals surface area contributed by atoms with Gasteiger partial charge in [-0.05, 0) is 24.1 Å². The Hall–Kier alpha value is -1.86. The molecule has 1 aromatic heterocycles. The average molecular weight is 280 g/mol. The molecule has 0 saturated heterocycles. The first-order chi connectivity index (χ1) is 9.03. The van der Waals surface area contributed by atoms with E-state index >= 15 is 0 Å².